The third kappa shape index (κ3) is 1.62. The molecule has 0 bridgehead atoms. The summed E-state index contributed by atoms with van der Waals surface area (Å²) in [6.07, 6.45) is 0. The molecule has 0 saturated heterocycles. The van der Waals surface area contributed by atoms with Crippen molar-refractivity contribution in [2.24, 2.45) is 7.05 Å². The maximum atomic E-state index is 11.3. The van der Waals surface area contributed by atoms with E-state index in [0.717, 1.165) is 16.5 Å². The van der Waals surface area contributed by atoms with E-state index < -0.39 is 0 Å². The molecule has 0 fully saturated rings. The van der Waals surface area contributed by atoms with Crippen LogP contribution in [0.15, 0.2) is 18.2 Å². The van der Waals surface area contributed by atoms with Crippen molar-refractivity contribution in [2.75, 3.05) is 0 Å². The van der Waals surface area contributed by atoms with Gasteiger partial charge in [-0.25, -0.2) is 0 Å². The van der Waals surface area contributed by atoms with Crippen LogP contribution < -0.4 is 0 Å². The van der Waals surface area contributed by atoms with Crippen LogP contribution >= 0.6 is 0 Å². The van der Waals surface area contributed by atoms with Crippen LogP contribution in [0.4, 0.5) is 0 Å². The molecule has 3 nitrogen and oxygen atoms in total. The number of ketones is 1. The standard InChI is InChI=1S/C13H16N2O/c1-8(2)13-11-7-10(9(3)16)5-6-12(11)14-15(13)4/h5-8H,1-4H3. The highest BCUT2D eigenvalue weighted by Gasteiger charge is 2.13. The molecular weight excluding hydrogens is 200 g/mol. The van der Waals surface area contributed by atoms with Crippen LogP contribution in [0.25, 0.3) is 10.9 Å². The second-order valence-corrected chi connectivity index (χ2v) is 4.45. The third-order valence-corrected chi connectivity index (χ3v) is 2.83. The second kappa shape index (κ2) is 3.74. The van der Waals surface area contributed by atoms with Gasteiger partial charge in [-0.2, -0.15) is 5.10 Å². The van der Waals surface area contributed by atoms with Gasteiger partial charge in [-0.1, -0.05) is 13.8 Å². The number of carbonyl (C=O) groups is 1. The van der Waals surface area contributed by atoms with Crippen LogP contribution in [0.1, 0.15) is 42.7 Å². The summed E-state index contributed by atoms with van der Waals surface area (Å²) in [6, 6.07) is 5.69. The molecule has 0 saturated carbocycles. The Morgan fingerprint density at radius 3 is 2.62 bits per heavy atom. The molecule has 0 atom stereocenters. The van der Waals surface area contributed by atoms with Crippen LogP contribution in [0.2, 0.25) is 0 Å². The molecular formula is C13H16N2O. The van der Waals surface area contributed by atoms with E-state index in [4.69, 9.17) is 0 Å². The monoisotopic (exact) mass is 216 g/mol. The first-order valence-corrected chi connectivity index (χ1v) is 5.48. The zero-order valence-electron chi connectivity index (χ0n) is 10.1. The Kier molecular flexibility index (Phi) is 2.54. The number of aryl methyl sites for hydroxylation is 1. The SMILES string of the molecule is CC(=O)c1ccc2nn(C)c(C(C)C)c2c1. The van der Waals surface area contributed by atoms with E-state index in [1.807, 2.05) is 29.9 Å². The quantitative estimate of drug-likeness (QED) is 0.723. The van der Waals surface area contributed by atoms with Crippen LogP contribution in [-0.2, 0) is 7.05 Å². The first kappa shape index (κ1) is 10.9. The first-order valence-electron chi connectivity index (χ1n) is 5.48. The Labute approximate surface area is 95.1 Å². The smallest absolute Gasteiger partial charge is 0.159 e. The number of benzene rings is 1. The maximum absolute atomic E-state index is 11.3. The number of carbonyl (C=O) groups excluding carboxylic acids is 1. The van der Waals surface area contributed by atoms with Gasteiger partial charge in [0.25, 0.3) is 0 Å². The second-order valence-electron chi connectivity index (χ2n) is 4.45. The van der Waals surface area contributed by atoms with Crippen LogP contribution in [0.3, 0.4) is 0 Å². The minimum atomic E-state index is 0.0976. The number of Topliss-reactive ketones (excluding diaryl/α,β-unsaturated/α-hetero) is 1. The predicted octanol–water partition coefficient (Wildman–Crippen LogP) is 2.90. The van der Waals surface area contributed by atoms with Crippen molar-refractivity contribution in [2.45, 2.75) is 26.7 Å². The lowest BCUT2D eigenvalue weighted by molar-refractivity contribution is 0.101. The van der Waals surface area contributed by atoms with Crippen LogP contribution in [0.5, 0.6) is 0 Å². The molecule has 1 aromatic heterocycles. The van der Waals surface area contributed by atoms with Crippen molar-refractivity contribution in [3.8, 4) is 0 Å². The van der Waals surface area contributed by atoms with E-state index in [2.05, 4.69) is 18.9 Å². The summed E-state index contributed by atoms with van der Waals surface area (Å²) in [7, 11) is 1.95. The summed E-state index contributed by atoms with van der Waals surface area (Å²) in [4.78, 5) is 11.3. The lowest BCUT2D eigenvalue weighted by Gasteiger charge is -2.06. The molecule has 0 aliphatic heterocycles. The molecule has 0 aliphatic rings. The van der Waals surface area contributed by atoms with Gasteiger partial charge < -0.3 is 0 Å². The molecule has 0 unspecified atom stereocenters. The van der Waals surface area contributed by atoms with Gasteiger partial charge in [0.05, 0.1) is 5.52 Å². The molecule has 16 heavy (non-hydrogen) atoms. The third-order valence-electron chi connectivity index (χ3n) is 2.83. The predicted molar refractivity (Wildman–Crippen MR) is 64.8 cm³/mol. The van der Waals surface area contributed by atoms with Crippen LogP contribution in [-0.4, -0.2) is 15.6 Å². The summed E-state index contributed by atoms with van der Waals surface area (Å²) in [5, 5.41) is 5.53. The Hall–Kier alpha value is -1.64. The first-order chi connectivity index (χ1) is 7.50. The minimum absolute atomic E-state index is 0.0976. The fourth-order valence-electron chi connectivity index (χ4n) is 2.12. The van der Waals surface area contributed by atoms with Crippen molar-refractivity contribution in [3.05, 3.63) is 29.5 Å². The molecule has 84 valence electrons. The van der Waals surface area contributed by atoms with Crippen molar-refractivity contribution in [1.29, 1.82) is 0 Å². The molecule has 3 heteroatoms. The summed E-state index contributed by atoms with van der Waals surface area (Å²) < 4.78 is 1.90. The highest BCUT2D eigenvalue weighted by molar-refractivity contribution is 5.98. The molecule has 0 N–H and O–H groups in total. The van der Waals surface area contributed by atoms with Gasteiger partial charge in [-0.15, -0.1) is 0 Å². The molecule has 0 spiro atoms. The molecule has 2 rings (SSSR count). The maximum Gasteiger partial charge on any atom is 0.159 e. The van der Waals surface area contributed by atoms with Gasteiger partial charge >= 0.3 is 0 Å². The normalized spacial score (nSPS) is 11.3. The van der Waals surface area contributed by atoms with Gasteiger partial charge in [-0.3, -0.25) is 9.48 Å². The molecule has 2 aromatic rings. The van der Waals surface area contributed by atoms with E-state index in [9.17, 15) is 4.79 Å². The van der Waals surface area contributed by atoms with Gasteiger partial charge in [0.2, 0.25) is 0 Å². The number of aromatic nitrogens is 2. The fraction of sp³-hybridized carbons (Fsp3) is 0.385. The highest BCUT2D eigenvalue weighted by atomic mass is 16.1. The summed E-state index contributed by atoms with van der Waals surface area (Å²) >= 11 is 0. The molecule has 0 amide bonds. The molecule has 1 aromatic carbocycles. The number of rotatable bonds is 2. The molecule has 0 aliphatic carbocycles. The van der Waals surface area contributed by atoms with Crippen molar-refractivity contribution >= 4 is 16.7 Å². The lowest BCUT2D eigenvalue weighted by atomic mass is 10.0. The number of fused-ring (bicyclic) bond motifs is 1. The zero-order valence-corrected chi connectivity index (χ0v) is 10.1. The number of nitrogens with zero attached hydrogens (tertiary/aromatic N) is 2. The van der Waals surface area contributed by atoms with E-state index in [1.54, 1.807) is 6.92 Å². The van der Waals surface area contributed by atoms with Gasteiger partial charge in [0.1, 0.15) is 0 Å². The molecule has 0 radical (unpaired) electrons. The number of hydrogen-bond donors (Lipinski definition) is 0. The van der Waals surface area contributed by atoms with Crippen molar-refractivity contribution < 1.29 is 4.79 Å². The Bertz CT molecular complexity index is 552. The zero-order chi connectivity index (χ0) is 11.9. The van der Waals surface area contributed by atoms with Gasteiger partial charge in [-0.05, 0) is 31.0 Å². The van der Waals surface area contributed by atoms with Crippen molar-refractivity contribution in [3.63, 3.8) is 0 Å². The summed E-state index contributed by atoms with van der Waals surface area (Å²) in [5.41, 5.74) is 2.89. The Morgan fingerprint density at radius 1 is 1.38 bits per heavy atom. The van der Waals surface area contributed by atoms with E-state index in [-0.39, 0.29) is 5.78 Å². The summed E-state index contributed by atoms with van der Waals surface area (Å²) in [5.74, 6) is 0.498. The highest BCUT2D eigenvalue weighted by Crippen LogP contribution is 2.25. The average molecular weight is 216 g/mol. The van der Waals surface area contributed by atoms with Gasteiger partial charge in [0.15, 0.2) is 5.78 Å². The van der Waals surface area contributed by atoms with Crippen LogP contribution in [0, 0.1) is 0 Å². The minimum Gasteiger partial charge on any atom is -0.295 e. The largest absolute Gasteiger partial charge is 0.295 e. The van der Waals surface area contributed by atoms with E-state index in [0.29, 0.717) is 5.92 Å². The van der Waals surface area contributed by atoms with Crippen molar-refractivity contribution in [1.82, 2.24) is 9.78 Å². The Balaban J connectivity index is 2.74. The van der Waals surface area contributed by atoms with E-state index in [1.165, 1.54) is 5.69 Å². The number of hydrogen-bond acceptors (Lipinski definition) is 2. The van der Waals surface area contributed by atoms with E-state index >= 15 is 0 Å². The topological polar surface area (TPSA) is 34.9 Å². The average Bonchev–Trinajstić information content (AvgIpc) is 2.51. The molecule has 1 heterocycles. The Morgan fingerprint density at radius 2 is 2.06 bits per heavy atom. The fourth-order valence-corrected chi connectivity index (χ4v) is 2.12. The lowest BCUT2D eigenvalue weighted by Crippen LogP contribution is -1.99. The summed E-state index contributed by atoms with van der Waals surface area (Å²) in [6.45, 7) is 5.86. The van der Waals surface area contributed by atoms with Gasteiger partial charge in [0, 0.05) is 23.7 Å².